The van der Waals surface area contributed by atoms with Crippen molar-refractivity contribution in [1.29, 1.82) is 0 Å². The number of carbonyl (C=O) groups is 1. The van der Waals surface area contributed by atoms with E-state index in [1.807, 2.05) is 71.9 Å². The lowest BCUT2D eigenvalue weighted by atomic mass is 10.2. The number of urea groups is 1. The summed E-state index contributed by atoms with van der Waals surface area (Å²) >= 11 is 0. The van der Waals surface area contributed by atoms with Crippen LogP contribution in [0.25, 0.3) is 0 Å². The van der Waals surface area contributed by atoms with E-state index in [9.17, 15) is 4.79 Å². The summed E-state index contributed by atoms with van der Waals surface area (Å²) in [4.78, 5) is 21.0. The molecule has 1 saturated heterocycles. The first-order valence-corrected chi connectivity index (χ1v) is 11.0. The molecule has 0 radical (unpaired) electrons. The van der Waals surface area contributed by atoms with Gasteiger partial charge in [0, 0.05) is 56.9 Å². The first-order chi connectivity index (χ1) is 16.2. The summed E-state index contributed by atoms with van der Waals surface area (Å²) in [6.07, 6.45) is 3.63. The van der Waals surface area contributed by atoms with Crippen molar-refractivity contribution in [3.05, 3.63) is 78.1 Å². The SMILES string of the molecule is O=C(Nc1cccc(COc2ccc3c(c2)OCO3)c1)N1CCN(Cc2ccncc2)CC1. The van der Waals surface area contributed by atoms with Crippen LogP contribution in [0.15, 0.2) is 67.0 Å². The van der Waals surface area contributed by atoms with Crippen LogP contribution in [0, 0.1) is 0 Å². The highest BCUT2D eigenvalue weighted by molar-refractivity contribution is 5.89. The number of fused-ring (bicyclic) bond motifs is 1. The topological polar surface area (TPSA) is 76.2 Å². The highest BCUT2D eigenvalue weighted by Crippen LogP contribution is 2.35. The lowest BCUT2D eigenvalue weighted by molar-refractivity contribution is 0.143. The Labute approximate surface area is 192 Å². The Morgan fingerprint density at radius 2 is 1.76 bits per heavy atom. The van der Waals surface area contributed by atoms with Gasteiger partial charge >= 0.3 is 6.03 Å². The minimum absolute atomic E-state index is 0.0765. The van der Waals surface area contributed by atoms with Crippen molar-refractivity contribution in [3.63, 3.8) is 0 Å². The van der Waals surface area contributed by atoms with E-state index in [1.54, 1.807) is 0 Å². The zero-order chi connectivity index (χ0) is 22.5. The number of nitrogens with zero attached hydrogens (tertiary/aromatic N) is 3. The van der Waals surface area contributed by atoms with Gasteiger partial charge in [-0.05, 0) is 47.5 Å². The molecule has 1 N–H and O–H groups in total. The lowest BCUT2D eigenvalue weighted by Crippen LogP contribution is -2.49. The number of piperazine rings is 1. The van der Waals surface area contributed by atoms with Gasteiger partial charge in [-0.3, -0.25) is 9.88 Å². The maximum absolute atomic E-state index is 12.8. The Bertz CT molecular complexity index is 1100. The van der Waals surface area contributed by atoms with Crippen molar-refractivity contribution in [2.24, 2.45) is 0 Å². The Morgan fingerprint density at radius 1 is 0.939 bits per heavy atom. The number of aromatic nitrogens is 1. The van der Waals surface area contributed by atoms with Crippen LogP contribution < -0.4 is 19.5 Å². The molecule has 5 rings (SSSR count). The molecular weight excluding hydrogens is 420 g/mol. The van der Waals surface area contributed by atoms with E-state index < -0.39 is 0 Å². The van der Waals surface area contributed by atoms with Crippen LogP contribution in [0.1, 0.15) is 11.1 Å². The van der Waals surface area contributed by atoms with Crippen LogP contribution in [-0.4, -0.2) is 53.8 Å². The predicted molar refractivity (Wildman–Crippen MR) is 123 cm³/mol. The molecule has 0 unspecified atom stereocenters. The summed E-state index contributed by atoms with van der Waals surface area (Å²) in [7, 11) is 0. The molecule has 0 atom stereocenters. The van der Waals surface area contributed by atoms with E-state index in [1.165, 1.54) is 5.56 Å². The van der Waals surface area contributed by atoms with E-state index in [0.717, 1.165) is 36.6 Å². The van der Waals surface area contributed by atoms with Gasteiger partial charge in [0.05, 0.1) is 0 Å². The number of nitrogens with one attached hydrogen (secondary N) is 1. The summed E-state index contributed by atoms with van der Waals surface area (Å²) in [6, 6.07) is 17.2. The Balaban J connectivity index is 1.11. The van der Waals surface area contributed by atoms with Gasteiger partial charge in [0.15, 0.2) is 11.5 Å². The quantitative estimate of drug-likeness (QED) is 0.622. The maximum atomic E-state index is 12.8. The van der Waals surface area contributed by atoms with Gasteiger partial charge in [0.1, 0.15) is 12.4 Å². The van der Waals surface area contributed by atoms with Crippen molar-refractivity contribution in [2.45, 2.75) is 13.2 Å². The van der Waals surface area contributed by atoms with E-state index >= 15 is 0 Å². The minimum atomic E-state index is -0.0765. The summed E-state index contributed by atoms with van der Waals surface area (Å²) in [6.45, 7) is 4.59. The van der Waals surface area contributed by atoms with Crippen LogP contribution in [-0.2, 0) is 13.2 Å². The molecule has 3 aromatic rings. The number of amides is 2. The number of hydrogen-bond donors (Lipinski definition) is 1. The first kappa shape index (κ1) is 21.1. The number of hydrogen-bond acceptors (Lipinski definition) is 6. The Morgan fingerprint density at radius 3 is 2.61 bits per heavy atom. The molecule has 1 fully saturated rings. The van der Waals surface area contributed by atoms with Gasteiger partial charge in [0.2, 0.25) is 6.79 Å². The van der Waals surface area contributed by atoms with Crippen LogP contribution in [0.2, 0.25) is 0 Å². The Hall–Kier alpha value is -3.78. The van der Waals surface area contributed by atoms with Crippen LogP contribution >= 0.6 is 0 Å². The van der Waals surface area contributed by atoms with Gasteiger partial charge < -0.3 is 24.4 Å². The third-order valence-corrected chi connectivity index (χ3v) is 5.74. The molecule has 33 heavy (non-hydrogen) atoms. The number of benzene rings is 2. The second kappa shape index (κ2) is 9.79. The number of carbonyl (C=O) groups excluding carboxylic acids is 1. The molecule has 1 aromatic heterocycles. The van der Waals surface area contributed by atoms with Crippen molar-refractivity contribution in [1.82, 2.24) is 14.8 Å². The molecule has 0 aliphatic carbocycles. The maximum Gasteiger partial charge on any atom is 0.321 e. The molecular formula is C25H26N4O4. The summed E-state index contributed by atoms with van der Waals surface area (Å²) in [5.41, 5.74) is 2.96. The number of anilines is 1. The van der Waals surface area contributed by atoms with Gasteiger partial charge in [-0.25, -0.2) is 4.79 Å². The highest BCUT2D eigenvalue weighted by atomic mass is 16.7. The summed E-state index contributed by atoms with van der Waals surface area (Å²) in [5, 5.41) is 3.02. The molecule has 0 bridgehead atoms. The van der Waals surface area contributed by atoms with Gasteiger partial charge in [-0.15, -0.1) is 0 Å². The molecule has 0 saturated carbocycles. The molecule has 0 spiro atoms. The average molecular weight is 447 g/mol. The molecule has 170 valence electrons. The smallest absolute Gasteiger partial charge is 0.321 e. The largest absolute Gasteiger partial charge is 0.489 e. The fourth-order valence-corrected chi connectivity index (χ4v) is 3.93. The van der Waals surface area contributed by atoms with Crippen LogP contribution in [0.4, 0.5) is 10.5 Å². The van der Waals surface area contributed by atoms with E-state index in [4.69, 9.17) is 14.2 Å². The normalized spacial score (nSPS) is 15.3. The molecule has 8 heteroatoms. The number of pyridine rings is 1. The standard InChI is InChI=1S/C25H26N4O4/c30-25(29-12-10-28(11-13-29)16-19-6-8-26-9-7-19)27-21-3-1-2-20(14-21)17-31-22-4-5-23-24(15-22)33-18-32-23/h1-9,14-15H,10-13,16-18H2,(H,27,30). The number of rotatable bonds is 6. The van der Waals surface area contributed by atoms with E-state index in [2.05, 4.69) is 15.2 Å². The third-order valence-electron chi connectivity index (χ3n) is 5.74. The van der Waals surface area contributed by atoms with Crippen molar-refractivity contribution >= 4 is 11.7 Å². The predicted octanol–water partition coefficient (Wildman–Crippen LogP) is 3.74. The van der Waals surface area contributed by atoms with Gasteiger partial charge in [-0.2, -0.15) is 0 Å². The van der Waals surface area contributed by atoms with Crippen molar-refractivity contribution in [2.75, 3.05) is 38.3 Å². The molecule has 3 heterocycles. The third kappa shape index (κ3) is 5.35. The van der Waals surface area contributed by atoms with Crippen LogP contribution in [0.5, 0.6) is 17.2 Å². The highest BCUT2D eigenvalue weighted by Gasteiger charge is 2.21. The summed E-state index contributed by atoms with van der Waals surface area (Å²) in [5.74, 6) is 2.12. The zero-order valence-corrected chi connectivity index (χ0v) is 18.3. The van der Waals surface area contributed by atoms with E-state index in [0.29, 0.717) is 31.2 Å². The molecule has 2 aromatic carbocycles. The second-order valence-electron chi connectivity index (χ2n) is 8.05. The molecule has 2 aliphatic heterocycles. The van der Waals surface area contributed by atoms with E-state index in [-0.39, 0.29) is 12.8 Å². The fraction of sp³-hybridized carbons (Fsp3) is 0.280. The minimum Gasteiger partial charge on any atom is -0.489 e. The average Bonchev–Trinajstić information content (AvgIpc) is 3.32. The van der Waals surface area contributed by atoms with Crippen molar-refractivity contribution < 1.29 is 19.0 Å². The fourth-order valence-electron chi connectivity index (χ4n) is 3.93. The monoisotopic (exact) mass is 446 g/mol. The summed E-state index contributed by atoms with van der Waals surface area (Å²) < 4.78 is 16.6. The second-order valence-corrected chi connectivity index (χ2v) is 8.05. The van der Waals surface area contributed by atoms with Gasteiger partial charge in [0.25, 0.3) is 0 Å². The molecule has 2 aliphatic rings. The van der Waals surface area contributed by atoms with Crippen LogP contribution in [0.3, 0.4) is 0 Å². The molecule has 2 amide bonds. The lowest BCUT2D eigenvalue weighted by Gasteiger charge is -2.34. The first-order valence-electron chi connectivity index (χ1n) is 11.0. The van der Waals surface area contributed by atoms with Gasteiger partial charge in [-0.1, -0.05) is 12.1 Å². The molecule has 8 nitrogen and oxygen atoms in total. The number of ether oxygens (including phenoxy) is 3. The van der Waals surface area contributed by atoms with Crippen molar-refractivity contribution in [3.8, 4) is 17.2 Å². The zero-order valence-electron chi connectivity index (χ0n) is 18.3. The Kier molecular flexibility index (Phi) is 6.25.